The summed E-state index contributed by atoms with van der Waals surface area (Å²) in [5, 5.41) is 4.92. The average molecular weight is 396 g/mol. The maximum absolute atomic E-state index is 12.7. The van der Waals surface area contributed by atoms with Crippen LogP contribution >= 0.6 is 12.2 Å². The highest BCUT2D eigenvalue weighted by molar-refractivity contribution is 7.80. The van der Waals surface area contributed by atoms with Gasteiger partial charge in [-0.05, 0) is 55.0 Å². The third-order valence-corrected chi connectivity index (χ3v) is 3.74. The molecule has 0 aliphatic carbocycles. The van der Waals surface area contributed by atoms with Gasteiger partial charge in [-0.2, -0.15) is 13.2 Å². The van der Waals surface area contributed by atoms with Crippen molar-refractivity contribution in [2.24, 2.45) is 0 Å². The van der Waals surface area contributed by atoms with E-state index in [0.29, 0.717) is 17.9 Å². The van der Waals surface area contributed by atoms with Crippen molar-refractivity contribution in [3.05, 3.63) is 59.7 Å². The molecule has 2 aromatic rings. The number of thiocarbonyl (C=S) groups is 1. The van der Waals surface area contributed by atoms with Crippen molar-refractivity contribution in [2.45, 2.75) is 25.9 Å². The zero-order valence-electron chi connectivity index (χ0n) is 14.6. The molecule has 0 saturated heterocycles. The van der Waals surface area contributed by atoms with E-state index >= 15 is 0 Å². The van der Waals surface area contributed by atoms with Crippen molar-refractivity contribution in [1.29, 1.82) is 0 Å². The topological polar surface area (TPSA) is 50.4 Å². The highest BCUT2D eigenvalue weighted by atomic mass is 32.1. The molecular weight excluding hydrogens is 377 g/mol. The second-order valence-electron chi connectivity index (χ2n) is 5.72. The van der Waals surface area contributed by atoms with Crippen molar-refractivity contribution in [3.63, 3.8) is 0 Å². The Labute approximate surface area is 160 Å². The van der Waals surface area contributed by atoms with Gasteiger partial charge in [-0.1, -0.05) is 25.5 Å². The minimum Gasteiger partial charge on any atom is -0.494 e. The molecule has 0 aliphatic heterocycles. The van der Waals surface area contributed by atoms with Gasteiger partial charge in [-0.25, -0.2) is 0 Å². The normalized spacial score (nSPS) is 11.0. The Balaban J connectivity index is 1.98. The molecule has 2 aromatic carbocycles. The van der Waals surface area contributed by atoms with Crippen molar-refractivity contribution >= 4 is 28.9 Å². The molecule has 0 radical (unpaired) electrons. The van der Waals surface area contributed by atoms with Gasteiger partial charge in [0.05, 0.1) is 12.2 Å². The second-order valence-corrected chi connectivity index (χ2v) is 6.12. The van der Waals surface area contributed by atoms with Crippen LogP contribution in [-0.4, -0.2) is 17.6 Å². The quantitative estimate of drug-likeness (QED) is 0.532. The third kappa shape index (κ3) is 6.56. The first kappa shape index (κ1) is 20.7. The monoisotopic (exact) mass is 396 g/mol. The lowest BCUT2D eigenvalue weighted by atomic mass is 10.2. The molecule has 0 aliphatic rings. The van der Waals surface area contributed by atoms with Crippen molar-refractivity contribution in [1.82, 2.24) is 5.32 Å². The van der Waals surface area contributed by atoms with Crippen LogP contribution in [0, 0.1) is 0 Å². The van der Waals surface area contributed by atoms with Crippen LogP contribution in [-0.2, 0) is 6.18 Å². The summed E-state index contributed by atoms with van der Waals surface area (Å²) in [5.74, 6) is 0.0771. The van der Waals surface area contributed by atoms with Gasteiger partial charge in [0.25, 0.3) is 5.91 Å². The summed E-state index contributed by atoms with van der Waals surface area (Å²) >= 11 is 5.01. The van der Waals surface area contributed by atoms with Crippen LogP contribution in [0.25, 0.3) is 0 Å². The first-order chi connectivity index (χ1) is 12.8. The maximum Gasteiger partial charge on any atom is 0.416 e. The lowest BCUT2D eigenvalue weighted by Crippen LogP contribution is -2.34. The molecule has 0 fully saturated rings. The zero-order valence-corrected chi connectivity index (χ0v) is 15.4. The molecule has 27 heavy (non-hydrogen) atoms. The number of hydrogen-bond donors (Lipinski definition) is 2. The van der Waals surface area contributed by atoms with E-state index in [4.69, 9.17) is 17.0 Å². The van der Waals surface area contributed by atoms with Crippen LogP contribution in [0.3, 0.4) is 0 Å². The zero-order chi connectivity index (χ0) is 19.9. The van der Waals surface area contributed by atoms with E-state index in [1.807, 2.05) is 6.92 Å². The third-order valence-electron chi connectivity index (χ3n) is 3.54. The fourth-order valence-electron chi connectivity index (χ4n) is 2.17. The van der Waals surface area contributed by atoms with E-state index in [9.17, 15) is 18.0 Å². The van der Waals surface area contributed by atoms with Crippen molar-refractivity contribution in [2.75, 3.05) is 11.9 Å². The van der Waals surface area contributed by atoms with Gasteiger partial charge < -0.3 is 10.1 Å². The van der Waals surface area contributed by atoms with Crippen LogP contribution in [0.5, 0.6) is 5.75 Å². The van der Waals surface area contributed by atoms with Crippen LogP contribution in [0.15, 0.2) is 48.5 Å². The van der Waals surface area contributed by atoms with E-state index in [1.54, 1.807) is 24.3 Å². The molecule has 0 aromatic heterocycles. The van der Waals surface area contributed by atoms with Gasteiger partial charge in [0.15, 0.2) is 5.11 Å². The molecule has 1 amide bonds. The van der Waals surface area contributed by atoms with E-state index in [2.05, 4.69) is 10.6 Å². The number of ether oxygens (including phenoxy) is 1. The maximum atomic E-state index is 12.7. The molecule has 144 valence electrons. The molecule has 2 N–H and O–H groups in total. The predicted molar refractivity (Wildman–Crippen MR) is 102 cm³/mol. The Kier molecular flexibility index (Phi) is 7.18. The molecule has 0 spiro atoms. The summed E-state index contributed by atoms with van der Waals surface area (Å²) in [6.07, 6.45) is -2.56. The molecule has 0 unspecified atom stereocenters. The minimum absolute atomic E-state index is 0.100. The Bertz CT molecular complexity index is 810. The molecule has 4 nitrogen and oxygen atoms in total. The number of benzene rings is 2. The Hall–Kier alpha value is -2.61. The van der Waals surface area contributed by atoms with Gasteiger partial charge >= 0.3 is 6.18 Å². The van der Waals surface area contributed by atoms with Crippen LogP contribution < -0.4 is 15.4 Å². The van der Waals surface area contributed by atoms with E-state index in [1.165, 1.54) is 12.1 Å². The fraction of sp³-hybridized carbons (Fsp3) is 0.263. The number of halogens is 3. The summed E-state index contributed by atoms with van der Waals surface area (Å²) in [5.41, 5.74) is -0.345. The molecule has 2 rings (SSSR count). The number of hydrogen-bond acceptors (Lipinski definition) is 3. The summed E-state index contributed by atoms with van der Waals surface area (Å²) < 4.78 is 43.8. The van der Waals surface area contributed by atoms with Crippen molar-refractivity contribution in [3.8, 4) is 5.75 Å². The van der Waals surface area contributed by atoms with Gasteiger partial charge in [-0.3, -0.25) is 10.1 Å². The standard InChI is InChI=1S/C19H19F3N2O2S/c1-2-3-10-26-16-9-4-6-13(11-16)17(25)24-18(27)23-15-8-5-7-14(12-15)19(20,21)22/h4-9,11-12H,2-3,10H2,1H3,(H2,23,24,25,27). The summed E-state index contributed by atoms with van der Waals surface area (Å²) in [7, 11) is 0. The van der Waals surface area contributed by atoms with Crippen LogP contribution in [0.4, 0.5) is 18.9 Å². The smallest absolute Gasteiger partial charge is 0.416 e. The minimum atomic E-state index is -4.46. The first-order valence-corrected chi connectivity index (χ1v) is 8.73. The van der Waals surface area contributed by atoms with Gasteiger partial charge in [0, 0.05) is 11.3 Å². The number of anilines is 1. The number of carbonyl (C=O) groups is 1. The highest BCUT2D eigenvalue weighted by Gasteiger charge is 2.30. The molecular formula is C19H19F3N2O2S. The summed E-state index contributed by atoms with van der Waals surface area (Å²) in [4.78, 5) is 12.3. The van der Waals surface area contributed by atoms with E-state index < -0.39 is 17.6 Å². The lowest BCUT2D eigenvalue weighted by molar-refractivity contribution is -0.137. The SMILES string of the molecule is CCCCOc1cccc(C(=O)NC(=S)Nc2cccc(C(F)(F)F)c2)c1. The number of unbranched alkanes of at least 4 members (excludes halogenated alkanes) is 1. The number of carbonyl (C=O) groups excluding carboxylic acids is 1. The summed E-state index contributed by atoms with van der Waals surface area (Å²) in [6, 6.07) is 11.2. The second kappa shape index (κ2) is 9.36. The molecule has 0 heterocycles. The van der Waals surface area contributed by atoms with Crippen molar-refractivity contribution < 1.29 is 22.7 Å². The highest BCUT2D eigenvalue weighted by Crippen LogP contribution is 2.30. The number of amides is 1. The largest absolute Gasteiger partial charge is 0.494 e. The van der Waals surface area contributed by atoms with E-state index in [0.717, 1.165) is 25.0 Å². The lowest BCUT2D eigenvalue weighted by Gasteiger charge is -2.12. The molecule has 8 heteroatoms. The van der Waals surface area contributed by atoms with Gasteiger partial charge in [-0.15, -0.1) is 0 Å². The Morgan fingerprint density at radius 2 is 1.89 bits per heavy atom. The first-order valence-electron chi connectivity index (χ1n) is 8.32. The number of alkyl halides is 3. The summed E-state index contributed by atoms with van der Waals surface area (Å²) in [6.45, 7) is 2.60. The molecule has 0 atom stereocenters. The average Bonchev–Trinajstić information content (AvgIpc) is 2.61. The van der Waals surface area contributed by atoms with E-state index in [-0.39, 0.29) is 10.8 Å². The Morgan fingerprint density at radius 3 is 2.59 bits per heavy atom. The van der Waals surface area contributed by atoms with Crippen LogP contribution in [0.2, 0.25) is 0 Å². The van der Waals surface area contributed by atoms with Gasteiger partial charge in [0.1, 0.15) is 5.75 Å². The van der Waals surface area contributed by atoms with Gasteiger partial charge in [0.2, 0.25) is 0 Å². The molecule has 0 bridgehead atoms. The Morgan fingerprint density at radius 1 is 1.15 bits per heavy atom. The predicted octanol–water partition coefficient (Wildman–Crippen LogP) is 5.01. The van der Waals surface area contributed by atoms with Crippen LogP contribution in [0.1, 0.15) is 35.7 Å². The fourth-order valence-corrected chi connectivity index (χ4v) is 2.38. The number of nitrogens with one attached hydrogen (secondary N) is 2. The number of rotatable bonds is 6. The molecule has 0 saturated carbocycles.